The molecule has 0 radical (unpaired) electrons. The van der Waals surface area contributed by atoms with E-state index in [9.17, 15) is 9.90 Å². The summed E-state index contributed by atoms with van der Waals surface area (Å²) in [5, 5.41) is 12.5. The highest BCUT2D eigenvalue weighted by Gasteiger charge is 2.20. The molecule has 1 rings (SSSR count). The molecule has 1 fully saturated rings. The topological polar surface area (TPSA) is 52.6 Å². The van der Waals surface area contributed by atoms with Crippen LogP contribution in [0.2, 0.25) is 0 Å². The van der Waals surface area contributed by atoms with Gasteiger partial charge < -0.3 is 15.3 Å². The quantitative estimate of drug-likeness (QED) is 0.710. The third-order valence-electron chi connectivity index (χ3n) is 3.03. The van der Waals surface area contributed by atoms with E-state index in [1.165, 1.54) is 0 Å². The summed E-state index contributed by atoms with van der Waals surface area (Å²) in [6, 6.07) is 0.393. The Morgan fingerprint density at radius 1 is 1.53 bits per heavy atom. The number of piperidine rings is 1. The number of nitrogens with one attached hydrogen (secondary N) is 1. The van der Waals surface area contributed by atoms with Gasteiger partial charge in [-0.1, -0.05) is 6.92 Å². The average molecular weight is 214 g/mol. The van der Waals surface area contributed by atoms with E-state index in [-0.39, 0.29) is 12.0 Å². The maximum atomic E-state index is 11.7. The summed E-state index contributed by atoms with van der Waals surface area (Å²) < 4.78 is 0. The van der Waals surface area contributed by atoms with E-state index >= 15 is 0 Å². The van der Waals surface area contributed by atoms with Gasteiger partial charge >= 0.3 is 0 Å². The minimum absolute atomic E-state index is 0.155. The number of carbonyl (C=O) groups excluding carboxylic acids is 1. The fourth-order valence-corrected chi connectivity index (χ4v) is 1.63. The molecule has 1 aliphatic heterocycles. The van der Waals surface area contributed by atoms with Crippen molar-refractivity contribution >= 4 is 5.91 Å². The molecule has 0 aromatic carbocycles. The smallest absolute Gasteiger partial charge is 0.236 e. The third kappa shape index (κ3) is 4.18. The molecule has 0 aromatic heterocycles. The molecule has 0 aliphatic carbocycles. The first-order valence-electron chi connectivity index (χ1n) is 5.82. The Morgan fingerprint density at radius 2 is 2.13 bits per heavy atom. The Kier molecular flexibility index (Phi) is 5.05. The molecule has 1 saturated heterocycles. The van der Waals surface area contributed by atoms with Crippen LogP contribution in [0.15, 0.2) is 0 Å². The zero-order valence-corrected chi connectivity index (χ0v) is 9.70. The van der Waals surface area contributed by atoms with Crippen LogP contribution < -0.4 is 5.32 Å². The molecule has 0 saturated carbocycles. The highest BCUT2D eigenvalue weighted by Crippen LogP contribution is 2.09. The molecule has 0 bridgehead atoms. The highest BCUT2D eigenvalue weighted by molar-refractivity contribution is 5.78. The minimum Gasteiger partial charge on any atom is -0.393 e. The lowest BCUT2D eigenvalue weighted by atomic mass is 10.1. The van der Waals surface area contributed by atoms with E-state index in [1.54, 1.807) is 0 Å². The second kappa shape index (κ2) is 6.08. The van der Waals surface area contributed by atoms with Crippen LogP contribution in [0, 0.1) is 0 Å². The van der Waals surface area contributed by atoms with Gasteiger partial charge in [0.15, 0.2) is 0 Å². The van der Waals surface area contributed by atoms with Crippen molar-refractivity contribution in [3.8, 4) is 0 Å². The Hall–Kier alpha value is -0.610. The zero-order chi connectivity index (χ0) is 11.3. The first-order chi connectivity index (χ1) is 7.13. The number of hydrogen-bond donors (Lipinski definition) is 2. The van der Waals surface area contributed by atoms with Gasteiger partial charge in [-0.05, 0) is 26.2 Å². The van der Waals surface area contributed by atoms with E-state index in [0.29, 0.717) is 25.7 Å². The Bertz CT molecular complexity index is 201. The highest BCUT2D eigenvalue weighted by atomic mass is 16.3. The van der Waals surface area contributed by atoms with E-state index < -0.39 is 0 Å². The van der Waals surface area contributed by atoms with Gasteiger partial charge in [0.1, 0.15) is 0 Å². The van der Waals surface area contributed by atoms with Crippen LogP contribution in [-0.2, 0) is 4.79 Å². The first-order valence-corrected chi connectivity index (χ1v) is 5.82. The van der Waals surface area contributed by atoms with Crippen molar-refractivity contribution < 1.29 is 9.90 Å². The van der Waals surface area contributed by atoms with E-state index in [0.717, 1.165) is 19.3 Å². The molecule has 1 amide bonds. The standard InChI is InChI=1S/C11H22N2O2/c1-3-9(2)12-8-11(15)13-6-4-10(14)5-7-13/h9-10,12,14H,3-8H2,1-2H3. The molecular formula is C11H22N2O2. The maximum Gasteiger partial charge on any atom is 0.236 e. The summed E-state index contributed by atoms with van der Waals surface area (Å²) in [5.74, 6) is 0.155. The number of nitrogens with zero attached hydrogens (tertiary/aromatic N) is 1. The van der Waals surface area contributed by atoms with E-state index in [2.05, 4.69) is 19.2 Å². The molecule has 4 heteroatoms. The minimum atomic E-state index is -0.212. The zero-order valence-electron chi connectivity index (χ0n) is 9.70. The molecule has 1 atom stereocenters. The number of likely N-dealkylation sites (tertiary alicyclic amines) is 1. The van der Waals surface area contributed by atoms with Crippen molar-refractivity contribution in [2.75, 3.05) is 19.6 Å². The molecular weight excluding hydrogens is 192 g/mol. The average Bonchev–Trinajstić information content (AvgIpc) is 2.26. The third-order valence-corrected chi connectivity index (χ3v) is 3.03. The summed E-state index contributed by atoms with van der Waals surface area (Å²) in [6.45, 7) is 5.99. The Labute approximate surface area is 91.6 Å². The van der Waals surface area contributed by atoms with Crippen LogP contribution in [0.25, 0.3) is 0 Å². The van der Waals surface area contributed by atoms with Crippen molar-refractivity contribution in [1.29, 1.82) is 0 Å². The molecule has 1 aliphatic rings. The van der Waals surface area contributed by atoms with Gasteiger partial charge in [0.25, 0.3) is 0 Å². The monoisotopic (exact) mass is 214 g/mol. The van der Waals surface area contributed by atoms with Gasteiger partial charge in [-0.15, -0.1) is 0 Å². The molecule has 1 unspecified atom stereocenters. The predicted octanol–water partition coefficient (Wildman–Crippen LogP) is 0.358. The van der Waals surface area contributed by atoms with Crippen LogP contribution in [0.5, 0.6) is 0 Å². The lowest BCUT2D eigenvalue weighted by Gasteiger charge is -2.30. The first kappa shape index (κ1) is 12.5. The van der Waals surface area contributed by atoms with Crippen LogP contribution in [-0.4, -0.2) is 47.7 Å². The van der Waals surface area contributed by atoms with Crippen molar-refractivity contribution in [2.24, 2.45) is 0 Å². The lowest BCUT2D eigenvalue weighted by molar-refractivity contribution is -0.132. The Morgan fingerprint density at radius 3 is 2.67 bits per heavy atom. The number of aliphatic hydroxyl groups excluding tert-OH is 1. The van der Waals surface area contributed by atoms with Crippen molar-refractivity contribution in [1.82, 2.24) is 10.2 Å². The van der Waals surface area contributed by atoms with Crippen LogP contribution >= 0.6 is 0 Å². The van der Waals surface area contributed by atoms with E-state index in [1.807, 2.05) is 4.90 Å². The molecule has 15 heavy (non-hydrogen) atoms. The molecule has 88 valence electrons. The summed E-state index contributed by atoms with van der Waals surface area (Å²) >= 11 is 0. The fraction of sp³-hybridized carbons (Fsp3) is 0.909. The molecule has 2 N–H and O–H groups in total. The number of hydrogen-bond acceptors (Lipinski definition) is 3. The van der Waals surface area contributed by atoms with Gasteiger partial charge in [-0.25, -0.2) is 0 Å². The summed E-state index contributed by atoms with van der Waals surface area (Å²) in [5.41, 5.74) is 0. The lowest BCUT2D eigenvalue weighted by Crippen LogP contribution is -2.45. The SMILES string of the molecule is CCC(C)NCC(=O)N1CCC(O)CC1. The second-order valence-corrected chi connectivity index (χ2v) is 4.30. The maximum absolute atomic E-state index is 11.7. The Balaban J connectivity index is 2.22. The number of carbonyl (C=O) groups is 1. The molecule has 1 heterocycles. The van der Waals surface area contributed by atoms with Gasteiger partial charge in [-0.2, -0.15) is 0 Å². The summed E-state index contributed by atoms with van der Waals surface area (Å²) in [4.78, 5) is 13.5. The van der Waals surface area contributed by atoms with Gasteiger partial charge in [0.2, 0.25) is 5.91 Å². The van der Waals surface area contributed by atoms with Gasteiger partial charge in [0, 0.05) is 19.1 Å². The number of amides is 1. The van der Waals surface area contributed by atoms with Gasteiger partial charge in [-0.3, -0.25) is 4.79 Å². The predicted molar refractivity (Wildman–Crippen MR) is 59.6 cm³/mol. The second-order valence-electron chi connectivity index (χ2n) is 4.30. The summed E-state index contributed by atoms with van der Waals surface area (Å²) in [7, 11) is 0. The van der Waals surface area contributed by atoms with Crippen molar-refractivity contribution in [3.63, 3.8) is 0 Å². The normalized spacial score (nSPS) is 20.3. The number of rotatable bonds is 4. The van der Waals surface area contributed by atoms with E-state index in [4.69, 9.17) is 0 Å². The van der Waals surface area contributed by atoms with Crippen molar-refractivity contribution in [3.05, 3.63) is 0 Å². The largest absolute Gasteiger partial charge is 0.393 e. The van der Waals surface area contributed by atoms with Crippen molar-refractivity contribution in [2.45, 2.75) is 45.3 Å². The van der Waals surface area contributed by atoms with Crippen LogP contribution in [0.4, 0.5) is 0 Å². The molecule has 4 nitrogen and oxygen atoms in total. The van der Waals surface area contributed by atoms with Gasteiger partial charge in [0.05, 0.1) is 12.6 Å². The molecule has 0 aromatic rings. The molecule has 0 spiro atoms. The summed E-state index contributed by atoms with van der Waals surface area (Å²) in [6.07, 6.45) is 2.26. The number of aliphatic hydroxyl groups is 1. The van der Waals surface area contributed by atoms with Crippen LogP contribution in [0.1, 0.15) is 33.1 Å². The van der Waals surface area contributed by atoms with Crippen LogP contribution in [0.3, 0.4) is 0 Å². The fourth-order valence-electron chi connectivity index (χ4n) is 1.63.